The first-order valence-electron chi connectivity index (χ1n) is 5.90. The van der Waals surface area contributed by atoms with Gasteiger partial charge in [0.1, 0.15) is 4.90 Å². The largest absolute Gasteiger partial charge is 0.315 e. The third-order valence-electron chi connectivity index (χ3n) is 2.47. The minimum atomic E-state index is -3.47. The van der Waals surface area contributed by atoms with Gasteiger partial charge in [0.15, 0.2) is 0 Å². The molecule has 19 heavy (non-hydrogen) atoms. The summed E-state index contributed by atoms with van der Waals surface area (Å²) < 4.78 is 27.2. The van der Waals surface area contributed by atoms with Crippen LogP contribution in [0.25, 0.3) is 0 Å². The molecule has 0 bridgehead atoms. The Balaban J connectivity index is 3.14. The van der Waals surface area contributed by atoms with Gasteiger partial charge in [-0.1, -0.05) is 19.1 Å². The minimum absolute atomic E-state index is 0.339. The molecule has 0 aliphatic rings. The van der Waals surface area contributed by atoms with Gasteiger partial charge in [-0.15, -0.1) is 11.3 Å². The fourth-order valence-corrected chi connectivity index (χ4v) is 5.79. The zero-order chi connectivity index (χ0) is 14.6. The van der Waals surface area contributed by atoms with Crippen LogP contribution in [0.5, 0.6) is 0 Å². The van der Waals surface area contributed by atoms with Gasteiger partial charge in [0.2, 0.25) is 10.0 Å². The summed E-state index contributed by atoms with van der Waals surface area (Å²) in [5.41, 5.74) is 0.826. The maximum atomic E-state index is 12.6. The lowest BCUT2D eigenvalue weighted by molar-refractivity contribution is 0.453. The summed E-state index contributed by atoms with van der Waals surface area (Å²) >= 11 is 4.79. The number of hydrogen-bond donors (Lipinski definition) is 1. The van der Waals surface area contributed by atoms with Crippen molar-refractivity contribution in [3.8, 4) is 0 Å². The van der Waals surface area contributed by atoms with E-state index in [0.29, 0.717) is 28.3 Å². The summed E-state index contributed by atoms with van der Waals surface area (Å²) in [5.74, 6) is 0. The number of sulfonamides is 1. The highest BCUT2D eigenvalue weighted by atomic mass is 79.9. The number of nitrogens with zero attached hydrogens (tertiary/aromatic N) is 1. The lowest BCUT2D eigenvalue weighted by Gasteiger charge is -2.20. The first kappa shape index (κ1) is 16.8. The van der Waals surface area contributed by atoms with Crippen LogP contribution in [0.4, 0.5) is 0 Å². The van der Waals surface area contributed by atoms with Crippen LogP contribution >= 0.6 is 27.3 Å². The Morgan fingerprint density at radius 2 is 2.21 bits per heavy atom. The number of hydrogen-bond acceptors (Lipinski definition) is 4. The topological polar surface area (TPSA) is 49.4 Å². The van der Waals surface area contributed by atoms with Crippen molar-refractivity contribution < 1.29 is 8.42 Å². The van der Waals surface area contributed by atoms with Gasteiger partial charge in [-0.05, 0) is 36.0 Å². The summed E-state index contributed by atoms with van der Waals surface area (Å²) in [6, 6.07) is 1.72. The van der Waals surface area contributed by atoms with Crippen molar-refractivity contribution in [1.29, 1.82) is 0 Å². The summed E-state index contributed by atoms with van der Waals surface area (Å²) in [4.78, 5) is 1.32. The zero-order valence-corrected chi connectivity index (χ0v) is 14.6. The lowest BCUT2D eigenvalue weighted by Crippen LogP contribution is -2.32. The average molecular weight is 367 g/mol. The number of thiophene rings is 1. The highest BCUT2D eigenvalue weighted by molar-refractivity contribution is 9.11. The van der Waals surface area contributed by atoms with Gasteiger partial charge in [0, 0.05) is 24.5 Å². The summed E-state index contributed by atoms with van der Waals surface area (Å²) in [6.45, 7) is 8.87. The van der Waals surface area contributed by atoms with Crippen LogP contribution in [0.15, 0.2) is 26.9 Å². The van der Waals surface area contributed by atoms with E-state index in [1.54, 1.807) is 6.07 Å². The average Bonchev–Trinajstić information content (AvgIpc) is 2.68. The van der Waals surface area contributed by atoms with Crippen LogP contribution in [-0.4, -0.2) is 32.9 Å². The molecule has 0 saturated heterocycles. The second kappa shape index (κ2) is 6.99. The van der Waals surface area contributed by atoms with Crippen LogP contribution in [0.3, 0.4) is 0 Å². The normalized spacial score (nSPS) is 12.1. The van der Waals surface area contributed by atoms with E-state index in [0.717, 1.165) is 10.5 Å². The number of halogens is 1. The van der Waals surface area contributed by atoms with Gasteiger partial charge in [-0.2, -0.15) is 4.31 Å². The summed E-state index contributed by atoms with van der Waals surface area (Å²) in [6.07, 6.45) is 0. The molecule has 1 heterocycles. The molecule has 0 saturated carbocycles. The Hall–Kier alpha value is -0.210. The van der Waals surface area contributed by atoms with Crippen molar-refractivity contribution in [2.75, 3.05) is 20.1 Å². The summed E-state index contributed by atoms with van der Waals surface area (Å²) in [5, 5.41) is 3.02. The van der Waals surface area contributed by atoms with Gasteiger partial charge in [-0.3, -0.25) is 0 Å². The molecule has 7 heteroatoms. The molecule has 1 aromatic rings. The Bertz CT molecular complexity index is 552. The van der Waals surface area contributed by atoms with Crippen LogP contribution in [0.2, 0.25) is 0 Å². The molecule has 0 aliphatic heterocycles. The molecule has 1 rings (SSSR count). The molecular weight excluding hydrogens is 348 g/mol. The molecule has 0 aliphatic carbocycles. The molecule has 0 aromatic carbocycles. The molecule has 0 spiro atoms. The van der Waals surface area contributed by atoms with Gasteiger partial charge in [0.05, 0.1) is 3.79 Å². The van der Waals surface area contributed by atoms with E-state index < -0.39 is 10.0 Å². The van der Waals surface area contributed by atoms with Crippen molar-refractivity contribution in [3.63, 3.8) is 0 Å². The molecule has 108 valence electrons. The highest BCUT2D eigenvalue weighted by Gasteiger charge is 2.27. The van der Waals surface area contributed by atoms with Crippen molar-refractivity contribution in [3.05, 3.63) is 26.9 Å². The third kappa shape index (κ3) is 4.13. The Morgan fingerprint density at radius 1 is 1.58 bits per heavy atom. The number of nitrogens with one attached hydrogen (secondary N) is 1. The van der Waals surface area contributed by atoms with E-state index in [4.69, 9.17) is 0 Å². The molecule has 0 amide bonds. The monoisotopic (exact) mass is 366 g/mol. The maximum Gasteiger partial charge on any atom is 0.245 e. The van der Waals surface area contributed by atoms with Crippen LogP contribution in [-0.2, 0) is 16.6 Å². The Morgan fingerprint density at radius 3 is 2.68 bits per heavy atom. The Labute approximate surface area is 127 Å². The fourth-order valence-electron chi connectivity index (χ4n) is 1.64. The highest BCUT2D eigenvalue weighted by Crippen LogP contribution is 2.33. The van der Waals surface area contributed by atoms with E-state index in [-0.39, 0.29) is 0 Å². The van der Waals surface area contributed by atoms with Crippen LogP contribution in [0, 0.1) is 0 Å². The van der Waals surface area contributed by atoms with E-state index in [2.05, 4.69) is 27.8 Å². The van der Waals surface area contributed by atoms with Gasteiger partial charge in [-0.25, -0.2) is 8.42 Å². The van der Waals surface area contributed by atoms with Crippen molar-refractivity contribution >= 4 is 37.3 Å². The first-order chi connectivity index (χ1) is 8.82. The molecule has 0 atom stereocenters. The van der Waals surface area contributed by atoms with E-state index in [9.17, 15) is 8.42 Å². The zero-order valence-electron chi connectivity index (χ0n) is 11.4. The third-order valence-corrected chi connectivity index (χ3v) is 6.65. The molecule has 1 N–H and O–H groups in total. The van der Waals surface area contributed by atoms with Gasteiger partial charge >= 0.3 is 0 Å². The molecular formula is C12H19BrN2O2S2. The Kier molecular flexibility index (Phi) is 6.19. The number of likely N-dealkylation sites (N-methyl/N-ethyl adjacent to an activating group) is 1. The molecule has 1 aromatic heterocycles. The minimum Gasteiger partial charge on any atom is -0.315 e. The second-order valence-corrected chi connectivity index (χ2v) is 8.63. The second-order valence-electron chi connectivity index (χ2n) is 4.27. The van der Waals surface area contributed by atoms with Crippen molar-refractivity contribution in [2.45, 2.75) is 25.3 Å². The predicted molar refractivity (Wildman–Crippen MR) is 84.0 cm³/mol. The van der Waals surface area contributed by atoms with Gasteiger partial charge in [0.25, 0.3) is 0 Å². The fraction of sp³-hybridized carbons (Fsp3) is 0.500. The first-order valence-corrected chi connectivity index (χ1v) is 8.95. The summed E-state index contributed by atoms with van der Waals surface area (Å²) in [7, 11) is -1.63. The van der Waals surface area contributed by atoms with Crippen molar-refractivity contribution in [1.82, 2.24) is 9.62 Å². The van der Waals surface area contributed by atoms with Crippen LogP contribution < -0.4 is 5.32 Å². The molecule has 0 fully saturated rings. The van der Waals surface area contributed by atoms with E-state index >= 15 is 0 Å². The smallest absolute Gasteiger partial charge is 0.245 e. The van der Waals surface area contributed by atoms with Gasteiger partial charge < -0.3 is 5.32 Å². The SMILES string of the molecule is C=C(C)CN(CC)S(=O)(=O)c1cc(CNC)sc1Br. The van der Waals surface area contributed by atoms with E-state index in [1.165, 1.54) is 15.6 Å². The van der Waals surface area contributed by atoms with Crippen molar-refractivity contribution in [2.24, 2.45) is 0 Å². The predicted octanol–water partition coefficient (Wildman–Crippen LogP) is 2.82. The lowest BCUT2D eigenvalue weighted by atomic mass is 10.3. The van der Waals surface area contributed by atoms with Crippen LogP contribution in [0.1, 0.15) is 18.7 Å². The van der Waals surface area contributed by atoms with E-state index in [1.807, 2.05) is 20.9 Å². The quantitative estimate of drug-likeness (QED) is 0.754. The number of rotatable bonds is 7. The molecule has 4 nitrogen and oxygen atoms in total. The molecule has 0 radical (unpaired) electrons. The maximum absolute atomic E-state index is 12.6. The molecule has 0 unspecified atom stereocenters. The standard InChI is InChI=1S/C12H19BrN2O2S2/c1-5-15(8-9(2)3)19(16,17)11-6-10(7-14-4)18-12(11)13/h6,14H,2,5,7-8H2,1,3-4H3.